The summed E-state index contributed by atoms with van der Waals surface area (Å²) in [6.45, 7) is 14.8. The molecule has 1 N–H and O–H groups in total. The lowest BCUT2D eigenvalue weighted by Gasteiger charge is -2.32. The fourth-order valence-corrected chi connectivity index (χ4v) is 3.56. The van der Waals surface area contributed by atoms with Gasteiger partial charge in [0.1, 0.15) is 0 Å². The zero-order valence-electron chi connectivity index (χ0n) is 13.8. The SMILES string of the molecule is C=CC(C)(O)CN(CCN1CCOCC1)Cc1ccc(C)s1. The molecule has 0 bridgehead atoms. The lowest BCUT2D eigenvalue weighted by molar-refractivity contribution is 0.0229. The highest BCUT2D eigenvalue weighted by Gasteiger charge is 2.21. The summed E-state index contributed by atoms with van der Waals surface area (Å²) in [4.78, 5) is 7.43. The van der Waals surface area contributed by atoms with Gasteiger partial charge in [-0.1, -0.05) is 6.08 Å². The second-order valence-electron chi connectivity index (χ2n) is 6.24. The summed E-state index contributed by atoms with van der Waals surface area (Å²) >= 11 is 1.83. The van der Waals surface area contributed by atoms with Crippen molar-refractivity contribution in [3.63, 3.8) is 0 Å². The Balaban J connectivity index is 1.92. The molecule has 0 aliphatic carbocycles. The predicted molar refractivity (Wildman–Crippen MR) is 92.4 cm³/mol. The highest BCUT2D eigenvalue weighted by Crippen LogP contribution is 2.19. The summed E-state index contributed by atoms with van der Waals surface area (Å²) in [5, 5.41) is 10.3. The van der Waals surface area contributed by atoms with E-state index in [4.69, 9.17) is 4.74 Å². The van der Waals surface area contributed by atoms with Gasteiger partial charge in [0.05, 0.1) is 18.8 Å². The molecule has 124 valence electrons. The van der Waals surface area contributed by atoms with Crippen LogP contribution in [0, 0.1) is 6.92 Å². The molecule has 0 amide bonds. The maximum Gasteiger partial charge on any atom is 0.0923 e. The van der Waals surface area contributed by atoms with Crippen molar-refractivity contribution in [1.82, 2.24) is 9.80 Å². The zero-order valence-corrected chi connectivity index (χ0v) is 14.6. The number of hydrogen-bond acceptors (Lipinski definition) is 5. The molecule has 1 fully saturated rings. The highest BCUT2D eigenvalue weighted by atomic mass is 32.1. The van der Waals surface area contributed by atoms with E-state index in [1.165, 1.54) is 9.75 Å². The van der Waals surface area contributed by atoms with Crippen LogP contribution >= 0.6 is 11.3 Å². The fraction of sp³-hybridized carbons (Fsp3) is 0.647. The third-order valence-electron chi connectivity index (χ3n) is 4.00. The van der Waals surface area contributed by atoms with Gasteiger partial charge in [-0.05, 0) is 26.0 Å². The molecule has 1 aliphatic heterocycles. The Morgan fingerprint density at radius 1 is 1.45 bits per heavy atom. The quantitative estimate of drug-likeness (QED) is 0.743. The lowest BCUT2D eigenvalue weighted by atomic mass is 10.1. The molecule has 4 nitrogen and oxygen atoms in total. The third kappa shape index (κ3) is 5.82. The first-order chi connectivity index (χ1) is 10.5. The van der Waals surface area contributed by atoms with Gasteiger partial charge in [-0.25, -0.2) is 0 Å². The Labute approximate surface area is 138 Å². The Morgan fingerprint density at radius 3 is 2.77 bits per heavy atom. The van der Waals surface area contributed by atoms with Gasteiger partial charge in [0.25, 0.3) is 0 Å². The first-order valence-corrected chi connectivity index (χ1v) is 8.74. The maximum atomic E-state index is 10.3. The number of ether oxygens (including phenoxy) is 1. The molecule has 1 aromatic heterocycles. The summed E-state index contributed by atoms with van der Waals surface area (Å²) in [6, 6.07) is 4.34. The number of thiophene rings is 1. The molecular weight excluding hydrogens is 296 g/mol. The van der Waals surface area contributed by atoms with Crippen LogP contribution in [0.3, 0.4) is 0 Å². The second-order valence-corrected chi connectivity index (χ2v) is 7.61. The van der Waals surface area contributed by atoms with Crippen molar-refractivity contribution >= 4 is 11.3 Å². The molecule has 2 heterocycles. The van der Waals surface area contributed by atoms with Crippen molar-refractivity contribution in [2.75, 3.05) is 45.9 Å². The van der Waals surface area contributed by atoms with Gasteiger partial charge in [-0.2, -0.15) is 0 Å². The molecule has 5 heteroatoms. The molecular formula is C17H28N2O2S. The van der Waals surface area contributed by atoms with Crippen molar-refractivity contribution in [3.05, 3.63) is 34.5 Å². The van der Waals surface area contributed by atoms with Gasteiger partial charge >= 0.3 is 0 Å². The highest BCUT2D eigenvalue weighted by molar-refractivity contribution is 7.11. The number of morpholine rings is 1. The Bertz CT molecular complexity index is 467. The molecule has 1 aliphatic rings. The van der Waals surface area contributed by atoms with Crippen molar-refractivity contribution in [1.29, 1.82) is 0 Å². The number of rotatable bonds is 8. The smallest absolute Gasteiger partial charge is 0.0923 e. The molecule has 1 atom stereocenters. The summed E-state index contributed by atoms with van der Waals surface area (Å²) in [5.74, 6) is 0. The molecule has 1 saturated heterocycles. The Kier molecular flexibility index (Phi) is 6.59. The van der Waals surface area contributed by atoms with Crippen LogP contribution < -0.4 is 0 Å². The van der Waals surface area contributed by atoms with Crippen molar-refractivity contribution in [2.45, 2.75) is 26.0 Å². The topological polar surface area (TPSA) is 35.9 Å². The van der Waals surface area contributed by atoms with Crippen LogP contribution in [0.15, 0.2) is 24.8 Å². The van der Waals surface area contributed by atoms with Crippen molar-refractivity contribution in [2.24, 2.45) is 0 Å². The van der Waals surface area contributed by atoms with Crippen LogP contribution in [0.1, 0.15) is 16.7 Å². The lowest BCUT2D eigenvalue weighted by Crippen LogP contribution is -2.45. The van der Waals surface area contributed by atoms with Gasteiger partial charge in [0.2, 0.25) is 0 Å². The van der Waals surface area contributed by atoms with E-state index in [-0.39, 0.29) is 0 Å². The van der Waals surface area contributed by atoms with Crippen LogP contribution in [0.25, 0.3) is 0 Å². The van der Waals surface area contributed by atoms with E-state index < -0.39 is 5.60 Å². The number of hydrogen-bond donors (Lipinski definition) is 1. The Morgan fingerprint density at radius 2 is 2.18 bits per heavy atom. The van der Waals surface area contributed by atoms with Gasteiger partial charge in [-0.15, -0.1) is 17.9 Å². The molecule has 0 saturated carbocycles. The largest absolute Gasteiger partial charge is 0.385 e. The van der Waals surface area contributed by atoms with E-state index in [9.17, 15) is 5.11 Å². The molecule has 2 rings (SSSR count). The molecule has 1 unspecified atom stereocenters. The van der Waals surface area contributed by atoms with Crippen LogP contribution in [-0.2, 0) is 11.3 Å². The van der Waals surface area contributed by atoms with Crippen LogP contribution in [0.5, 0.6) is 0 Å². The van der Waals surface area contributed by atoms with E-state index in [0.29, 0.717) is 6.54 Å². The van der Waals surface area contributed by atoms with E-state index in [2.05, 4.69) is 35.4 Å². The molecule has 0 spiro atoms. The maximum absolute atomic E-state index is 10.3. The van der Waals surface area contributed by atoms with Gasteiger partial charge < -0.3 is 9.84 Å². The number of aliphatic hydroxyl groups is 1. The fourth-order valence-electron chi connectivity index (χ4n) is 2.63. The molecule has 0 aromatic carbocycles. The van der Waals surface area contributed by atoms with Crippen LogP contribution in [0.2, 0.25) is 0 Å². The predicted octanol–water partition coefficient (Wildman–Crippen LogP) is 2.13. The standard InChI is InChI=1S/C17H28N2O2S/c1-4-17(3,20)14-19(13-16-6-5-15(2)22-16)8-7-18-9-11-21-12-10-18/h4-6,20H,1,7-14H2,2-3H3. The molecule has 22 heavy (non-hydrogen) atoms. The minimum Gasteiger partial charge on any atom is -0.385 e. The number of nitrogens with zero attached hydrogens (tertiary/aromatic N) is 2. The third-order valence-corrected chi connectivity index (χ3v) is 4.98. The number of aryl methyl sites for hydroxylation is 1. The second kappa shape index (κ2) is 8.22. The zero-order chi connectivity index (χ0) is 16.0. The monoisotopic (exact) mass is 324 g/mol. The van der Waals surface area contributed by atoms with Gasteiger partial charge in [0.15, 0.2) is 0 Å². The van der Waals surface area contributed by atoms with Crippen LogP contribution in [0.4, 0.5) is 0 Å². The average molecular weight is 324 g/mol. The summed E-state index contributed by atoms with van der Waals surface area (Å²) in [6.07, 6.45) is 1.63. The van der Waals surface area contributed by atoms with Gasteiger partial charge in [-0.3, -0.25) is 9.80 Å². The normalized spacial score (nSPS) is 19.3. The summed E-state index contributed by atoms with van der Waals surface area (Å²) in [5.41, 5.74) is -0.850. The summed E-state index contributed by atoms with van der Waals surface area (Å²) < 4.78 is 5.40. The van der Waals surface area contributed by atoms with E-state index in [1.54, 1.807) is 6.08 Å². The van der Waals surface area contributed by atoms with E-state index in [1.807, 2.05) is 18.3 Å². The first-order valence-electron chi connectivity index (χ1n) is 7.92. The van der Waals surface area contributed by atoms with Gasteiger partial charge in [0, 0.05) is 49.0 Å². The van der Waals surface area contributed by atoms with Crippen molar-refractivity contribution < 1.29 is 9.84 Å². The van der Waals surface area contributed by atoms with E-state index in [0.717, 1.165) is 45.9 Å². The minimum absolute atomic E-state index is 0.609. The minimum atomic E-state index is -0.850. The van der Waals surface area contributed by atoms with E-state index >= 15 is 0 Å². The summed E-state index contributed by atoms with van der Waals surface area (Å²) in [7, 11) is 0. The average Bonchev–Trinajstić information content (AvgIpc) is 2.91. The first kappa shape index (κ1) is 17.6. The molecule has 1 aromatic rings. The Hall–Kier alpha value is -0.720. The molecule has 0 radical (unpaired) electrons. The van der Waals surface area contributed by atoms with Crippen molar-refractivity contribution in [3.8, 4) is 0 Å². The van der Waals surface area contributed by atoms with Crippen LogP contribution in [-0.4, -0.2) is 66.4 Å².